The number of hydrogen-bond acceptors (Lipinski definition) is 5. The molecule has 0 unspecified atom stereocenters. The summed E-state index contributed by atoms with van der Waals surface area (Å²) >= 11 is 0. The number of nitrogens with one attached hydrogen (secondary N) is 1. The van der Waals surface area contributed by atoms with Gasteiger partial charge in [-0.1, -0.05) is 39.0 Å². The topological polar surface area (TPSA) is 61.4 Å². The number of carbonyl (C=O) groups is 1. The number of carbonyl (C=O) groups excluding carboxylic acids is 1. The van der Waals surface area contributed by atoms with Crippen molar-refractivity contribution in [3.63, 3.8) is 0 Å². The minimum absolute atomic E-state index is 0.179. The van der Waals surface area contributed by atoms with Crippen molar-refractivity contribution < 1.29 is 4.79 Å². The lowest BCUT2D eigenvalue weighted by molar-refractivity contribution is 0.102. The number of hydrogen-bond donors (Lipinski definition) is 1. The zero-order valence-corrected chi connectivity index (χ0v) is 16.5. The van der Waals surface area contributed by atoms with Crippen LogP contribution in [0.4, 0.5) is 11.6 Å². The monoisotopic (exact) mass is 367 g/mol. The molecule has 2 heterocycles. The number of para-hydroxylation sites is 1. The molecule has 2 aromatic rings. The number of piperazine rings is 1. The fourth-order valence-electron chi connectivity index (χ4n) is 3.47. The van der Waals surface area contributed by atoms with Gasteiger partial charge in [0.25, 0.3) is 5.91 Å². The molecule has 1 saturated heterocycles. The van der Waals surface area contributed by atoms with E-state index in [0.29, 0.717) is 11.6 Å². The first kappa shape index (κ1) is 19.3. The zero-order chi connectivity index (χ0) is 19.2. The first-order valence-corrected chi connectivity index (χ1v) is 9.88. The normalized spacial score (nSPS) is 15.0. The predicted molar refractivity (Wildman–Crippen MR) is 110 cm³/mol. The molecule has 1 amide bonds. The molecule has 0 aliphatic carbocycles. The number of anilines is 2. The Kier molecular flexibility index (Phi) is 6.40. The highest BCUT2D eigenvalue weighted by Gasteiger charge is 2.19. The minimum atomic E-state index is -0.179. The smallest absolute Gasteiger partial charge is 0.274 e. The Hall–Kier alpha value is -2.47. The summed E-state index contributed by atoms with van der Waals surface area (Å²) in [4.78, 5) is 26.3. The van der Waals surface area contributed by atoms with Gasteiger partial charge in [-0.05, 0) is 36.6 Å². The average molecular weight is 367 g/mol. The maximum Gasteiger partial charge on any atom is 0.274 e. The van der Waals surface area contributed by atoms with Crippen molar-refractivity contribution in [2.45, 2.75) is 33.6 Å². The standard InChI is InChI=1S/C21H29N5O/c1-4-16-8-7-9-17(5-2)19(16)24-20(27)18-10-11-22-21(23-18)26-14-12-25(6-3)13-15-26/h7-11H,4-6,12-15H2,1-3H3,(H,24,27). The Bertz CT molecular complexity index is 762. The van der Waals surface area contributed by atoms with Crippen LogP contribution in [0.1, 0.15) is 42.4 Å². The molecule has 0 radical (unpaired) electrons. The molecule has 1 N–H and O–H groups in total. The maximum absolute atomic E-state index is 12.9. The third-order valence-corrected chi connectivity index (χ3v) is 5.22. The molecule has 0 spiro atoms. The second-order valence-electron chi connectivity index (χ2n) is 6.78. The second-order valence-corrected chi connectivity index (χ2v) is 6.78. The number of rotatable bonds is 6. The Morgan fingerprint density at radius 2 is 1.70 bits per heavy atom. The first-order chi connectivity index (χ1) is 13.2. The van der Waals surface area contributed by atoms with E-state index >= 15 is 0 Å². The Morgan fingerprint density at radius 3 is 2.30 bits per heavy atom. The van der Waals surface area contributed by atoms with Gasteiger partial charge in [-0.3, -0.25) is 4.79 Å². The first-order valence-electron chi connectivity index (χ1n) is 9.88. The SMILES string of the molecule is CCc1cccc(CC)c1NC(=O)c1ccnc(N2CCN(CC)CC2)n1. The molecule has 0 atom stereocenters. The van der Waals surface area contributed by atoms with E-state index in [4.69, 9.17) is 0 Å². The third kappa shape index (κ3) is 4.45. The van der Waals surface area contributed by atoms with E-state index in [-0.39, 0.29) is 5.91 Å². The average Bonchev–Trinajstić information content (AvgIpc) is 2.74. The number of amides is 1. The summed E-state index contributed by atoms with van der Waals surface area (Å²) in [6, 6.07) is 7.86. The van der Waals surface area contributed by atoms with Crippen LogP contribution in [-0.2, 0) is 12.8 Å². The van der Waals surface area contributed by atoms with Crippen LogP contribution in [0.25, 0.3) is 0 Å². The number of aromatic nitrogens is 2. The maximum atomic E-state index is 12.9. The number of aryl methyl sites for hydroxylation is 2. The van der Waals surface area contributed by atoms with Gasteiger partial charge in [0, 0.05) is 38.1 Å². The largest absolute Gasteiger partial charge is 0.338 e. The van der Waals surface area contributed by atoms with Crippen LogP contribution in [0.5, 0.6) is 0 Å². The second kappa shape index (κ2) is 8.95. The van der Waals surface area contributed by atoms with E-state index in [9.17, 15) is 4.79 Å². The molecule has 6 nitrogen and oxygen atoms in total. The van der Waals surface area contributed by atoms with Crippen LogP contribution in [0.3, 0.4) is 0 Å². The van der Waals surface area contributed by atoms with Crippen molar-refractivity contribution >= 4 is 17.5 Å². The van der Waals surface area contributed by atoms with E-state index in [1.54, 1.807) is 12.3 Å². The highest BCUT2D eigenvalue weighted by molar-refractivity contribution is 6.03. The molecule has 0 bridgehead atoms. The van der Waals surface area contributed by atoms with E-state index < -0.39 is 0 Å². The van der Waals surface area contributed by atoms with Gasteiger partial charge in [0.1, 0.15) is 5.69 Å². The quantitative estimate of drug-likeness (QED) is 0.850. The Balaban J connectivity index is 1.77. The van der Waals surface area contributed by atoms with Gasteiger partial charge >= 0.3 is 0 Å². The van der Waals surface area contributed by atoms with Crippen LogP contribution >= 0.6 is 0 Å². The van der Waals surface area contributed by atoms with Crippen molar-refractivity contribution in [3.05, 3.63) is 47.3 Å². The Morgan fingerprint density at radius 1 is 1.04 bits per heavy atom. The van der Waals surface area contributed by atoms with Gasteiger partial charge in [0.05, 0.1) is 0 Å². The van der Waals surface area contributed by atoms with E-state index in [0.717, 1.165) is 62.4 Å². The van der Waals surface area contributed by atoms with Crippen molar-refractivity contribution in [2.24, 2.45) is 0 Å². The molecule has 1 aromatic heterocycles. The highest BCUT2D eigenvalue weighted by Crippen LogP contribution is 2.23. The molecular formula is C21H29N5O. The number of nitrogens with zero attached hydrogens (tertiary/aromatic N) is 4. The zero-order valence-electron chi connectivity index (χ0n) is 16.5. The lowest BCUT2D eigenvalue weighted by atomic mass is 10.0. The molecule has 0 saturated carbocycles. The highest BCUT2D eigenvalue weighted by atomic mass is 16.1. The van der Waals surface area contributed by atoms with Gasteiger partial charge in [0.15, 0.2) is 0 Å². The van der Waals surface area contributed by atoms with Crippen molar-refractivity contribution in [1.82, 2.24) is 14.9 Å². The van der Waals surface area contributed by atoms with Crippen molar-refractivity contribution in [2.75, 3.05) is 42.9 Å². The molecule has 1 fully saturated rings. The van der Waals surface area contributed by atoms with Gasteiger partial charge < -0.3 is 15.1 Å². The summed E-state index contributed by atoms with van der Waals surface area (Å²) in [5.74, 6) is 0.458. The fraction of sp³-hybridized carbons (Fsp3) is 0.476. The molecule has 144 valence electrons. The van der Waals surface area contributed by atoms with E-state index in [1.807, 2.05) is 6.07 Å². The number of likely N-dealkylation sites (N-methyl/N-ethyl adjacent to an activating group) is 1. The van der Waals surface area contributed by atoms with E-state index in [2.05, 4.69) is 58.0 Å². The molecule has 1 aliphatic heterocycles. The van der Waals surface area contributed by atoms with Gasteiger partial charge in [-0.25, -0.2) is 9.97 Å². The number of benzene rings is 1. The molecular weight excluding hydrogens is 338 g/mol. The van der Waals surface area contributed by atoms with Crippen molar-refractivity contribution in [1.29, 1.82) is 0 Å². The molecule has 3 rings (SSSR count). The van der Waals surface area contributed by atoms with Crippen LogP contribution in [0, 0.1) is 0 Å². The minimum Gasteiger partial charge on any atom is -0.338 e. The summed E-state index contributed by atoms with van der Waals surface area (Å²) in [6.45, 7) is 11.2. The molecule has 6 heteroatoms. The summed E-state index contributed by atoms with van der Waals surface area (Å²) in [6.07, 6.45) is 3.43. The summed E-state index contributed by atoms with van der Waals surface area (Å²) in [5.41, 5.74) is 3.62. The van der Waals surface area contributed by atoms with Crippen LogP contribution in [0.15, 0.2) is 30.5 Å². The fourth-order valence-corrected chi connectivity index (χ4v) is 3.47. The van der Waals surface area contributed by atoms with Crippen LogP contribution in [-0.4, -0.2) is 53.5 Å². The summed E-state index contributed by atoms with van der Waals surface area (Å²) in [7, 11) is 0. The van der Waals surface area contributed by atoms with Crippen molar-refractivity contribution in [3.8, 4) is 0 Å². The third-order valence-electron chi connectivity index (χ3n) is 5.22. The van der Waals surface area contributed by atoms with Gasteiger partial charge in [0.2, 0.25) is 5.95 Å². The van der Waals surface area contributed by atoms with Crippen LogP contribution in [0.2, 0.25) is 0 Å². The summed E-state index contributed by atoms with van der Waals surface area (Å²) < 4.78 is 0. The van der Waals surface area contributed by atoms with Gasteiger partial charge in [-0.2, -0.15) is 0 Å². The Labute approximate surface area is 161 Å². The van der Waals surface area contributed by atoms with Crippen LogP contribution < -0.4 is 10.2 Å². The van der Waals surface area contributed by atoms with Gasteiger partial charge in [-0.15, -0.1) is 0 Å². The molecule has 1 aromatic carbocycles. The molecule has 1 aliphatic rings. The lowest BCUT2D eigenvalue weighted by Gasteiger charge is -2.34. The summed E-state index contributed by atoms with van der Waals surface area (Å²) in [5, 5.41) is 3.09. The van der Waals surface area contributed by atoms with E-state index in [1.165, 1.54) is 0 Å². The lowest BCUT2D eigenvalue weighted by Crippen LogP contribution is -2.46. The predicted octanol–water partition coefficient (Wildman–Crippen LogP) is 3.00. The molecule has 27 heavy (non-hydrogen) atoms.